The van der Waals surface area contributed by atoms with E-state index in [1.807, 2.05) is 32.0 Å². The second kappa shape index (κ2) is 5.44. The highest BCUT2D eigenvalue weighted by molar-refractivity contribution is 5.61. The normalized spacial score (nSPS) is 10.6. The van der Waals surface area contributed by atoms with Gasteiger partial charge in [-0.15, -0.1) is 0 Å². The summed E-state index contributed by atoms with van der Waals surface area (Å²) in [6, 6.07) is 5.68. The highest BCUT2D eigenvalue weighted by Gasteiger charge is 2.04. The molecule has 0 amide bonds. The lowest BCUT2D eigenvalue weighted by atomic mass is 10.2. The smallest absolute Gasteiger partial charge is 0.144 e. The van der Waals surface area contributed by atoms with Crippen LogP contribution in [0, 0.1) is 0 Å². The van der Waals surface area contributed by atoms with Crippen LogP contribution >= 0.6 is 0 Å². The Morgan fingerprint density at radius 2 is 2.28 bits per heavy atom. The third-order valence-corrected chi connectivity index (χ3v) is 2.41. The van der Waals surface area contributed by atoms with Crippen molar-refractivity contribution >= 4 is 11.4 Å². The predicted octanol–water partition coefficient (Wildman–Crippen LogP) is 2.39. The molecule has 0 bridgehead atoms. The van der Waals surface area contributed by atoms with Crippen molar-refractivity contribution < 1.29 is 4.74 Å². The van der Waals surface area contributed by atoms with Gasteiger partial charge < -0.3 is 20.8 Å². The van der Waals surface area contributed by atoms with Crippen LogP contribution < -0.4 is 15.8 Å². The molecule has 5 heteroatoms. The van der Waals surface area contributed by atoms with Crippen molar-refractivity contribution in [2.24, 2.45) is 0 Å². The minimum Gasteiger partial charge on any atom is -0.489 e. The molecule has 2 aromatic rings. The first kappa shape index (κ1) is 12.3. The first-order valence-corrected chi connectivity index (χ1v) is 5.92. The minimum atomic E-state index is 0.107. The Morgan fingerprint density at radius 1 is 1.44 bits per heavy atom. The number of hydrogen-bond donors (Lipinski definition) is 3. The summed E-state index contributed by atoms with van der Waals surface area (Å²) >= 11 is 0. The zero-order valence-electron chi connectivity index (χ0n) is 10.6. The van der Waals surface area contributed by atoms with Gasteiger partial charge in [0, 0.05) is 18.0 Å². The summed E-state index contributed by atoms with van der Waals surface area (Å²) < 4.78 is 5.64. The van der Waals surface area contributed by atoms with E-state index < -0.39 is 0 Å². The molecule has 1 aromatic heterocycles. The first-order valence-electron chi connectivity index (χ1n) is 5.92. The quantitative estimate of drug-likeness (QED) is 0.708. The van der Waals surface area contributed by atoms with Crippen LogP contribution in [0.1, 0.15) is 19.5 Å². The van der Waals surface area contributed by atoms with E-state index in [1.54, 1.807) is 12.5 Å². The molecule has 0 radical (unpaired) electrons. The largest absolute Gasteiger partial charge is 0.489 e. The fourth-order valence-electron chi connectivity index (χ4n) is 1.58. The molecule has 0 fully saturated rings. The maximum absolute atomic E-state index is 5.86. The lowest BCUT2D eigenvalue weighted by molar-refractivity contribution is 0.244. The standard InChI is InChI=1S/C13H18N4O/c1-9(2)18-13-5-10(3-4-12(13)14)16-7-11-6-15-8-17-11/h3-6,8-9,16H,7,14H2,1-2H3,(H,15,17). The molecule has 0 saturated carbocycles. The van der Waals surface area contributed by atoms with E-state index in [0.29, 0.717) is 18.0 Å². The van der Waals surface area contributed by atoms with Crippen LogP contribution in [0.3, 0.4) is 0 Å². The van der Waals surface area contributed by atoms with Crippen molar-refractivity contribution in [2.75, 3.05) is 11.1 Å². The summed E-state index contributed by atoms with van der Waals surface area (Å²) in [6.07, 6.45) is 3.55. The zero-order chi connectivity index (χ0) is 13.0. The van der Waals surface area contributed by atoms with Gasteiger partial charge in [-0.05, 0) is 26.0 Å². The van der Waals surface area contributed by atoms with E-state index in [9.17, 15) is 0 Å². The first-order chi connectivity index (χ1) is 8.65. The molecule has 0 saturated heterocycles. The number of nitrogens with one attached hydrogen (secondary N) is 2. The van der Waals surface area contributed by atoms with E-state index in [0.717, 1.165) is 11.4 Å². The van der Waals surface area contributed by atoms with Crippen LogP contribution in [0.2, 0.25) is 0 Å². The monoisotopic (exact) mass is 246 g/mol. The van der Waals surface area contributed by atoms with Crippen LogP contribution in [0.5, 0.6) is 5.75 Å². The van der Waals surface area contributed by atoms with Crippen molar-refractivity contribution in [2.45, 2.75) is 26.5 Å². The van der Waals surface area contributed by atoms with E-state index >= 15 is 0 Å². The molecule has 1 heterocycles. The summed E-state index contributed by atoms with van der Waals surface area (Å²) in [5.41, 5.74) is 8.50. The van der Waals surface area contributed by atoms with Crippen LogP contribution in [-0.2, 0) is 6.54 Å². The number of benzene rings is 1. The van der Waals surface area contributed by atoms with Gasteiger partial charge in [-0.3, -0.25) is 0 Å². The number of aromatic nitrogens is 2. The van der Waals surface area contributed by atoms with Gasteiger partial charge in [0.2, 0.25) is 0 Å². The predicted molar refractivity (Wildman–Crippen MR) is 72.5 cm³/mol. The van der Waals surface area contributed by atoms with Gasteiger partial charge in [0.05, 0.1) is 30.4 Å². The fourth-order valence-corrected chi connectivity index (χ4v) is 1.58. The Kier molecular flexibility index (Phi) is 3.72. The molecule has 96 valence electrons. The van der Waals surface area contributed by atoms with Gasteiger partial charge in [0.15, 0.2) is 0 Å². The SMILES string of the molecule is CC(C)Oc1cc(NCc2cnc[nH]2)ccc1N. The third kappa shape index (κ3) is 3.16. The van der Waals surface area contributed by atoms with Gasteiger partial charge in [-0.25, -0.2) is 4.98 Å². The van der Waals surface area contributed by atoms with E-state index in [1.165, 1.54) is 0 Å². The lowest BCUT2D eigenvalue weighted by Gasteiger charge is -2.14. The van der Waals surface area contributed by atoms with Crippen LogP contribution in [0.25, 0.3) is 0 Å². The lowest BCUT2D eigenvalue weighted by Crippen LogP contribution is -2.08. The molecule has 0 atom stereocenters. The van der Waals surface area contributed by atoms with Crippen LogP contribution in [0.4, 0.5) is 11.4 Å². The molecular formula is C13H18N4O. The number of nitrogens with zero attached hydrogens (tertiary/aromatic N) is 1. The molecule has 2 rings (SSSR count). The molecular weight excluding hydrogens is 228 g/mol. The highest BCUT2D eigenvalue weighted by Crippen LogP contribution is 2.26. The van der Waals surface area contributed by atoms with Crippen molar-refractivity contribution in [1.82, 2.24) is 9.97 Å². The van der Waals surface area contributed by atoms with Gasteiger partial charge in [-0.1, -0.05) is 0 Å². The van der Waals surface area contributed by atoms with E-state index in [4.69, 9.17) is 10.5 Å². The molecule has 0 spiro atoms. The summed E-state index contributed by atoms with van der Waals surface area (Å²) in [6.45, 7) is 4.64. The Morgan fingerprint density at radius 3 is 2.94 bits per heavy atom. The number of rotatable bonds is 5. The topological polar surface area (TPSA) is 76.0 Å². The maximum atomic E-state index is 5.86. The maximum Gasteiger partial charge on any atom is 0.144 e. The number of anilines is 2. The Balaban J connectivity index is 2.04. The number of hydrogen-bond acceptors (Lipinski definition) is 4. The number of nitrogen functional groups attached to an aromatic ring is 1. The number of ether oxygens (including phenoxy) is 1. The third-order valence-electron chi connectivity index (χ3n) is 2.41. The molecule has 4 N–H and O–H groups in total. The summed E-state index contributed by atoms with van der Waals surface area (Å²) in [5, 5.41) is 3.28. The van der Waals surface area contributed by atoms with Crippen molar-refractivity contribution in [3.8, 4) is 5.75 Å². The second-order valence-electron chi connectivity index (χ2n) is 4.35. The molecule has 5 nitrogen and oxygen atoms in total. The average molecular weight is 246 g/mol. The second-order valence-corrected chi connectivity index (χ2v) is 4.35. The Bertz CT molecular complexity index is 494. The molecule has 0 aliphatic rings. The van der Waals surface area contributed by atoms with Crippen molar-refractivity contribution in [1.29, 1.82) is 0 Å². The highest BCUT2D eigenvalue weighted by atomic mass is 16.5. The molecule has 0 aliphatic heterocycles. The zero-order valence-corrected chi connectivity index (χ0v) is 10.6. The van der Waals surface area contributed by atoms with Gasteiger partial charge in [-0.2, -0.15) is 0 Å². The van der Waals surface area contributed by atoms with Crippen molar-refractivity contribution in [3.63, 3.8) is 0 Å². The number of aromatic amines is 1. The number of imidazole rings is 1. The van der Waals surface area contributed by atoms with Crippen LogP contribution in [0.15, 0.2) is 30.7 Å². The van der Waals surface area contributed by atoms with Gasteiger partial charge >= 0.3 is 0 Å². The molecule has 0 aliphatic carbocycles. The summed E-state index contributed by atoms with van der Waals surface area (Å²) in [5.74, 6) is 0.708. The van der Waals surface area contributed by atoms with E-state index in [-0.39, 0.29) is 6.10 Å². The molecule has 1 aromatic carbocycles. The Hall–Kier alpha value is -2.17. The minimum absolute atomic E-state index is 0.107. The average Bonchev–Trinajstić information content (AvgIpc) is 2.82. The van der Waals surface area contributed by atoms with Crippen molar-refractivity contribution in [3.05, 3.63) is 36.4 Å². The van der Waals surface area contributed by atoms with Gasteiger partial charge in [0.1, 0.15) is 5.75 Å². The number of H-pyrrole nitrogens is 1. The fraction of sp³-hybridized carbons (Fsp3) is 0.308. The summed E-state index contributed by atoms with van der Waals surface area (Å²) in [4.78, 5) is 7.00. The number of nitrogens with two attached hydrogens (primary N) is 1. The van der Waals surface area contributed by atoms with Crippen LogP contribution in [-0.4, -0.2) is 16.1 Å². The van der Waals surface area contributed by atoms with E-state index in [2.05, 4.69) is 15.3 Å². The summed E-state index contributed by atoms with van der Waals surface area (Å²) in [7, 11) is 0. The van der Waals surface area contributed by atoms with Gasteiger partial charge in [0.25, 0.3) is 0 Å². The molecule has 0 unspecified atom stereocenters. The molecule has 18 heavy (non-hydrogen) atoms. The Labute approximate surface area is 106 Å².